The molecule has 1 aromatic carbocycles. The molecular formula is C14H21F2N3O2. The van der Waals surface area contributed by atoms with Crippen LogP contribution in [-0.2, 0) is 4.79 Å². The van der Waals surface area contributed by atoms with Gasteiger partial charge in [-0.1, -0.05) is 6.07 Å². The van der Waals surface area contributed by atoms with Gasteiger partial charge in [0.2, 0.25) is 5.91 Å². The number of anilines is 2. The summed E-state index contributed by atoms with van der Waals surface area (Å²) in [6.07, 6.45) is -1.78. The molecule has 4 N–H and O–H groups in total. The van der Waals surface area contributed by atoms with E-state index in [1.807, 2.05) is 0 Å². The lowest BCUT2D eigenvalue weighted by atomic mass is 10.2. The normalized spacial score (nSPS) is 11.1. The lowest BCUT2D eigenvalue weighted by Gasteiger charge is -2.20. The summed E-state index contributed by atoms with van der Waals surface area (Å²) in [4.78, 5) is 13.2. The monoisotopic (exact) mass is 301 g/mol. The van der Waals surface area contributed by atoms with Gasteiger partial charge in [-0.2, -0.15) is 0 Å². The average molecular weight is 301 g/mol. The Balaban J connectivity index is 2.31. The second-order valence-corrected chi connectivity index (χ2v) is 4.69. The molecule has 7 heteroatoms. The SMILES string of the molecule is Nc1cccc(NC(=O)CCCN(CCO)CC(F)F)c1. The number of nitrogens with one attached hydrogen (secondary N) is 1. The number of amides is 1. The minimum absolute atomic E-state index is 0.178. The van der Waals surface area contributed by atoms with Crippen molar-refractivity contribution in [2.45, 2.75) is 19.3 Å². The maximum Gasteiger partial charge on any atom is 0.251 e. The number of nitrogens with two attached hydrogens (primary N) is 1. The van der Waals surface area contributed by atoms with Crippen LogP contribution in [0.3, 0.4) is 0 Å². The molecule has 118 valence electrons. The number of rotatable bonds is 9. The zero-order valence-electron chi connectivity index (χ0n) is 11.8. The second kappa shape index (κ2) is 9.25. The number of hydrogen-bond donors (Lipinski definition) is 3. The van der Waals surface area contributed by atoms with E-state index in [0.29, 0.717) is 24.3 Å². The number of aliphatic hydroxyl groups excluding tert-OH is 1. The van der Waals surface area contributed by atoms with E-state index in [-0.39, 0.29) is 25.5 Å². The molecule has 0 aliphatic heterocycles. The Morgan fingerprint density at radius 3 is 2.76 bits per heavy atom. The van der Waals surface area contributed by atoms with Crippen molar-refractivity contribution in [2.75, 3.05) is 37.3 Å². The topological polar surface area (TPSA) is 78.6 Å². The summed E-state index contributed by atoms with van der Waals surface area (Å²) in [5, 5.41) is 11.5. The van der Waals surface area contributed by atoms with Gasteiger partial charge in [-0.3, -0.25) is 9.69 Å². The molecule has 0 aromatic heterocycles. The van der Waals surface area contributed by atoms with Crippen LogP contribution >= 0.6 is 0 Å². The highest BCUT2D eigenvalue weighted by Crippen LogP contribution is 2.12. The highest BCUT2D eigenvalue weighted by Gasteiger charge is 2.12. The van der Waals surface area contributed by atoms with E-state index in [1.165, 1.54) is 4.90 Å². The van der Waals surface area contributed by atoms with Gasteiger partial charge >= 0.3 is 0 Å². The van der Waals surface area contributed by atoms with Crippen molar-refractivity contribution in [1.29, 1.82) is 0 Å². The van der Waals surface area contributed by atoms with E-state index in [1.54, 1.807) is 24.3 Å². The summed E-state index contributed by atoms with van der Waals surface area (Å²) in [6, 6.07) is 6.82. The van der Waals surface area contributed by atoms with Gasteiger partial charge in [0.05, 0.1) is 13.2 Å². The van der Waals surface area contributed by atoms with E-state index in [2.05, 4.69) is 5.32 Å². The lowest BCUT2D eigenvalue weighted by Crippen LogP contribution is -2.33. The average Bonchev–Trinajstić information content (AvgIpc) is 2.38. The summed E-state index contributed by atoms with van der Waals surface area (Å²) in [6.45, 7) is -0.0456. The van der Waals surface area contributed by atoms with E-state index < -0.39 is 13.0 Å². The largest absolute Gasteiger partial charge is 0.399 e. The number of halogens is 2. The summed E-state index contributed by atoms with van der Waals surface area (Å²) in [5.41, 5.74) is 6.77. The number of carbonyl (C=O) groups is 1. The first kappa shape index (κ1) is 17.3. The fourth-order valence-corrected chi connectivity index (χ4v) is 1.93. The first-order chi connectivity index (χ1) is 10.0. The molecule has 0 aliphatic rings. The molecule has 1 aromatic rings. The molecular weight excluding hydrogens is 280 g/mol. The molecule has 0 atom stereocenters. The maximum absolute atomic E-state index is 12.3. The van der Waals surface area contributed by atoms with Crippen LogP contribution in [0.4, 0.5) is 20.2 Å². The number of alkyl halides is 2. The molecule has 0 radical (unpaired) electrons. The predicted molar refractivity (Wildman–Crippen MR) is 78.2 cm³/mol. The summed E-state index contributed by atoms with van der Waals surface area (Å²) < 4.78 is 24.6. The van der Waals surface area contributed by atoms with E-state index in [9.17, 15) is 13.6 Å². The third-order valence-electron chi connectivity index (χ3n) is 2.86. The van der Waals surface area contributed by atoms with E-state index >= 15 is 0 Å². The molecule has 0 fully saturated rings. The van der Waals surface area contributed by atoms with Gasteiger partial charge in [-0.05, 0) is 31.2 Å². The molecule has 1 rings (SSSR count). The Hall–Kier alpha value is -1.73. The van der Waals surface area contributed by atoms with Gasteiger partial charge in [-0.15, -0.1) is 0 Å². The van der Waals surface area contributed by atoms with Crippen LogP contribution in [0, 0.1) is 0 Å². The predicted octanol–water partition coefficient (Wildman–Crippen LogP) is 1.55. The van der Waals surface area contributed by atoms with Crippen LogP contribution in [0.15, 0.2) is 24.3 Å². The third kappa shape index (κ3) is 7.57. The van der Waals surface area contributed by atoms with Gasteiger partial charge < -0.3 is 16.2 Å². The Labute approximate surface area is 122 Å². The Kier molecular flexibility index (Phi) is 7.63. The second-order valence-electron chi connectivity index (χ2n) is 4.69. The van der Waals surface area contributed by atoms with Crippen LogP contribution in [0.2, 0.25) is 0 Å². The summed E-state index contributed by atoms with van der Waals surface area (Å²) in [7, 11) is 0. The maximum atomic E-state index is 12.3. The van der Waals surface area contributed by atoms with Gasteiger partial charge in [0.15, 0.2) is 0 Å². The number of nitrogen functional groups attached to an aromatic ring is 1. The number of benzene rings is 1. The van der Waals surface area contributed by atoms with E-state index in [4.69, 9.17) is 10.8 Å². The van der Waals surface area contributed by atoms with Crippen molar-refractivity contribution in [3.63, 3.8) is 0 Å². The summed E-state index contributed by atoms with van der Waals surface area (Å²) >= 11 is 0. The highest BCUT2D eigenvalue weighted by molar-refractivity contribution is 5.91. The zero-order chi connectivity index (χ0) is 15.7. The van der Waals surface area contributed by atoms with Gasteiger partial charge in [0.1, 0.15) is 0 Å². The first-order valence-corrected chi connectivity index (χ1v) is 6.78. The van der Waals surface area contributed by atoms with E-state index in [0.717, 1.165) is 0 Å². The zero-order valence-corrected chi connectivity index (χ0v) is 11.8. The van der Waals surface area contributed by atoms with Crippen LogP contribution in [0.1, 0.15) is 12.8 Å². The van der Waals surface area contributed by atoms with Crippen molar-refractivity contribution >= 4 is 17.3 Å². The van der Waals surface area contributed by atoms with Crippen LogP contribution < -0.4 is 11.1 Å². The van der Waals surface area contributed by atoms with Crippen molar-refractivity contribution < 1.29 is 18.7 Å². The van der Waals surface area contributed by atoms with Gasteiger partial charge in [0.25, 0.3) is 6.43 Å². The smallest absolute Gasteiger partial charge is 0.251 e. The highest BCUT2D eigenvalue weighted by atomic mass is 19.3. The lowest BCUT2D eigenvalue weighted by molar-refractivity contribution is -0.116. The van der Waals surface area contributed by atoms with Crippen LogP contribution in [-0.4, -0.2) is 48.6 Å². The Bertz CT molecular complexity index is 444. The molecule has 0 saturated heterocycles. The molecule has 0 saturated carbocycles. The molecule has 0 heterocycles. The van der Waals surface area contributed by atoms with Crippen molar-refractivity contribution in [1.82, 2.24) is 4.90 Å². The molecule has 5 nitrogen and oxygen atoms in total. The number of nitrogens with zero attached hydrogens (tertiary/aromatic N) is 1. The molecule has 21 heavy (non-hydrogen) atoms. The Morgan fingerprint density at radius 1 is 1.38 bits per heavy atom. The standard InChI is InChI=1S/C14H21F2N3O2/c15-13(16)10-19(7-8-20)6-2-5-14(21)18-12-4-1-3-11(17)9-12/h1,3-4,9,13,20H,2,5-8,10,17H2,(H,18,21). The van der Waals surface area contributed by atoms with Crippen LogP contribution in [0.5, 0.6) is 0 Å². The summed E-state index contributed by atoms with van der Waals surface area (Å²) in [5.74, 6) is -0.193. The molecule has 0 unspecified atom stereocenters. The molecule has 0 bridgehead atoms. The third-order valence-corrected chi connectivity index (χ3v) is 2.86. The van der Waals surface area contributed by atoms with Gasteiger partial charge in [0, 0.05) is 24.3 Å². The Morgan fingerprint density at radius 2 is 2.14 bits per heavy atom. The minimum atomic E-state index is -2.45. The molecule has 0 aliphatic carbocycles. The molecule has 1 amide bonds. The first-order valence-electron chi connectivity index (χ1n) is 6.78. The fraction of sp³-hybridized carbons (Fsp3) is 0.500. The van der Waals surface area contributed by atoms with Crippen molar-refractivity contribution in [3.05, 3.63) is 24.3 Å². The van der Waals surface area contributed by atoms with Crippen molar-refractivity contribution in [2.24, 2.45) is 0 Å². The quantitative estimate of drug-likeness (QED) is 0.605. The van der Waals surface area contributed by atoms with Crippen LogP contribution in [0.25, 0.3) is 0 Å². The van der Waals surface area contributed by atoms with Crippen molar-refractivity contribution in [3.8, 4) is 0 Å². The fourth-order valence-electron chi connectivity index (χ4n) is 1.93. The number of aliphatic hydroxyl groups is 1. The number of hydrogen-bond acceptors (Lipinski definition) is 4. The minimum Gasteiger partial charge on any atom is -0.399 e. The van der Waals surface area contributed by atoms with Gasteiger partial charge in [-0.25, -0.2) is 8.78 Å². The number of carbonyl (C=O) groups excluding carboxylic acids is 1. The molecule has 0 spiro atoms.